The molecule has 0 aliphatic carbocycles. The van der Waals surface area contributed by atoms with Crippen LogP contribution in [0.5, 0.6) is 5.75 Å². The molecule has 0 heterocycles. The van der Waals surface area contributed by atoms with Crippen LogP contribution in [0, 0.1) is 22.3 Å². The number of hydrogen-bond donors (Lipinski definition) is 1. The first kappa shape index (κ1) is 48.1. The summed E-state index contributed by atoms with van der Waals surface area (Å²) in [7, 11) is 1.49. The molecule has 0 atom stereocenters. The second-order valence-electron chi connectivity index (χ2n) is 4.37. The van der Waals surface area contributed by atoms with E-state index in [1.807, 2.05) is 13.8 Å². The number of methoxy groups -OCH3 is 1. The summed E-state index contributed by atoms with van der Waals surface area (Å²) in [5.74, 6) is 0.101. The summed E-state index contributed by atoms with van der Waals surface area (Å²) in [6.07, 6.45) is 4.66. The number of benzene rings is 1. The van der Waals surface area contributed by atoms with Gasteiger partial charge in [0.2, 0.25) is 5.91 Å². The summed E-state index contributed by atoms with van der Waals surface area (Å²) in [6, 6.07) is 6.80. The van der Waals surface area contributed by atoms with E-state index in [-0.39, 0.29) is 126 Å². The maximum atomic E-state index is 12.1. The van der Waals surface area contributed by atoms with Crippen molar-refractivity contribution in [1.82, 2.24) is 5.32 Å². The van der Waals surface area contributed by atoms with Crippen molar-refractivity contribution in [2.24, 2.45) is 0 Å². The molecule has 1 amide bonds. The molecule has 1 aromatic carbocycles. The average Bonchev–Trinajstić information content (AvgIpc) is 2.59. The minimum absolute atomic E-state index is 0. The third kappa shape index (κ3) is 20.4. The average molecular weight is 643 g/mol. The normalized spacial score (nSPS) is 8.70. The number of carbonyl (C=O) groups is 2. The minimum atomic E-state index is -0.515. The molecular weight excluding hydrogens is 609 g/mol. The Balaban J connectivity index is -0.000000128. The largest absolute Gasteiger partial charge is 0.496 e. The Morgan fingerprint density at radius 3 is 1.90 bits per heavy atom. The molecule has 1 N–H and O–H groups in total. The monoisotopic (exact) mass is 643 g/mol. The third-order valence-corrected chi connectivity index (χ3v) is 2.62. The van der Waals surface area contributed by atoms with Gasteiger partial charge in [-0.05, 0) is 37.3 Å². The number of rotatable bonds is 6. The van der Waals surface area contributed by atoms with Crippen LogP contribution in [0.3, 0.4) is 0 Å². The van der Waals surface area contributed by atoms with Crippen molar-refractivity contribution < 1.29 is 117 Å². The molecule has 30 heavy (non-hydrogen) atoms. The van der Waals surface area contributed by atoms with Gasteiger partial charge in [-0.2, -0.15) is 0 Å². The van der Waals surface area contributed by atoms with E-state index in [9.17, 15) is 9.59 Å². The predicted octanol–water partition coefficient (Wildman–Crippen LogP) is 5.33. The van der Waals surface area contributed by atoms with Crippen molar-refractivity contribution in [2.45, 2.75) is 27.7 Å². The van der Waals surface area contributed by atoms with Gasteiger partial charge in [0.05, 0.1) is 7.11 Å². The maximum absolute atomic E-state index is 12.1. The first-order valence-corrected chi connectivity index (χ1v) is 7.61. The Hall–Kier alpha value is 0.492. The van der Waals surface area contributed by atoms with Crippen molar-refractivity contribution in [1.29, 1.82) is 0 Å². The summed E-state index contributed by atoms with van der Waals surface area (Å²) in [4.78, 5) is 23.0. The molecule has 0 saturated heterocycles. The molecule has 1 rings (SSSR count). The number of esters is 1. The van der Waals surface area contributed by atoms with Crippen LogP contribution in [0.2, 0.25) is 0 Å². The smallest absolute Gasteiger partial charge is 0.346 e. The Morgan fingerprint density at radius 1 is 0.967 bits per heavy atom. The molecule has 0 saturated carbocycles. The fourth-order valence-corrected chi connectivity index (χ4v) is 1.62. The van der Waals surface area contributed by atoms with Crippen molar-refractivity contribution >= 4 is 11.9 Å². The second kappa shape index (κ2) is 29.5. The van der Waals surface area contributed by atoms with Crippen LogP contribution in [-0.2, 0) is 108 Å². The zero-order valence-corrected chi connectivity index (χ0v) is 28.1. The number of ether oxygens (including phenoxy) is 2. The van der Waals surface area contributed by atoms with Gasteiger partial charge in [0.25, 0.3) is 0 Å². The molecule has 0 spiro atoms. The van der Waals surface area contributed by atoms with Gasteiger partial charge in [0.15, 0.2) is 0 Å². The van der Waals surface area contributed by atoms with Gasteiger partial charge in [-0.1, -0.05) is 32.6 Å². The molecule has 0 aliphatic rings. The Labute approximate surface area is 259 Å². The summed E-state index contributed by atoms with van der Waals surface area (Å²) >= 11 is 0. The Morgan fingerprint density at radius 2 is 1.47 bits per heavy atom. The van der Waals surface area contributed by atoms with Gasteiger partial charge >= 0.3 is 5.97 Å². The van der Waals surface area contributed by atoms with E-state index >= 15 is 0 Å². The molecule has 163 valence electrons. The van der Waals surface area contributed by atoms with Crippen LogP contribution >= 0.6 is 0 Å². The fourth-order valence-electron chi connectivity index (χ4n) is 1.62. The van der Waals surface area contributed by atoms with Crippen LogP contribution in [0.4, 0.5) is 0 Å². The van der Waals surface area contributed by atoms with Crippen LogP contribution < -0.4 is 10.1 Å². The van der Waals surface area contributed by atoms with Gasteiger partial charge in [0.1, 0.15) is 17.1 Å². The first-order valence-electron chi connectivity index (χ1n) is 7.61. The summed E-state index contributed by atoms with van der Waals surface area (Å²) in [5, 5.41) is 2.59. The summed E-state index contributed by atoms with van der Waals surface area (Å²) in [6.45, 7) is 10.6. The molecule has 0 unspecified atom stereocenters. The zero-order valence-electron chi connectivity index (χ0n) is 19.6. The van der Waals surface area contributed by atoms with E-state index in [0.29, 0.717) is 22.8 Å². The molecule has 5 nitrogen and oxygen atoms in total. The molecule has 0 aromatic heterocycles. The van der Waals surface area contributed by atoms with Gasteiger partial charge in [0, 0.05) is 111 Å². The molecule has 1 aromatic rings. The third-order valence-electron chi connectivity index (χ3n) is 2.62. The van der Waals surface area contributed by atoms with Crippen LogP contribution in [0.1, 0.15) is 38.1 Å². The number of hydrogen-bond acceptors (Lipinski definition) is 4. The quantitative estimate of drug-likeness (QED) is 0.197. The van der Waals surface area contributed by atoms with Crippen molar-refractivity contribution in [3.63, 3.8) is 0 Å². The van der Waals surface area contributed by atoms with Crippen LogP contribution in [-0.4, -0.2) is 19.0 Å². The van der Waals surface area contributed by atoms with E-state index in [1.54, 1.807) is 43.3 Å². The van der Waals surface area contributed by atoms with Gasteiger partial charge < -0.3 is 37.1 Å². The number of allylic oxidation sites excluding steroid dienone is 4. The minimum Gasteiger partial charge on any atom is -0.496 e. The molecule has 0 aliphatic heterocycles. The van der Waals surface area contributed by atoms with E-state index in [0.717, 1.165) is 0 Å². The number of amides is 1. The number of para-hydroxylation sites is 1. The van der Waals surface area contributed by atoms with Gasteiger partial charge in [-0.25, -0.2) is 4.79 Å². The van der Waals surface area contributed by atoms with E-state index < -0.39 is 5.97 Å². The standard InChI is InChI=1S/C17H19NO4.C2H6.3CH3.3Y/c1-5-14(18-13(3)19)11-10-12(2)22-17(20)15-8-6-7-9-16(15)21-4;1-2;;;;;;/h5-11H,1H2,2-4H3,(H,18,19);1-2H3;3*1H3;;;/q;;3*-1;;;/b12-10+,14-11+;;;;;;;. The Kier molecular flexibility index (Phi) is 47.2. The van der Waals surface area contributed by atoms with E-state index in [1.165, 1.54) is 20.1 Å². The van der Waals surface area contributed by atoms with Crippen molar-refractivity contribution in [3.8, 4) is 5.75 Å². The maximum Gasteiger partial charge on any atom is 0.346 e. The fraction of sp³-hybridized carbons (Fsp3) is 0.227. The summed E-state index contributed by atoms with van der Waals surface area (Å²) in [5.41, 5.74) is 0.854. The van der Waals surface area contributed by atoms with E-state index in [4.69, 9.17) is 9.47 Å². The van der Waals surface area contributed by atoms with Crippen LogP contribution in [0.25, 0.3) is 0 Å². The molecular formula is C22H34NO4Y3-3. The van der Waals surface area contributed by atoms with Crippen LogP contribution in [0.15, 0.2) is 60.5 Å². The topological polar surface area (TPSA) is 64.6 Å². The zero-order chi connectivity index (χ0) is 18.5. The predicted molar refractivity (Wildman–Crippen MR) is 115 cm³/mol. The van der Waals surface area contributed by atoms with Gasteiger partial charge in [-0.3, -0.25) is 4.79 Å². The summed E-state index contributed by atoms with van der Waals surface area (Å²) < 4.78 is 10.3. The van der Waals surface area contributed by atoms with E-state index in [2.05, 4.69) is 11.9 Å². The van der Waals surface area contributed by atoms with Gasteiger partial charge in [-0.15, -0.1) is 0 Å². The molecule has 0 fully saturated rings. The number of carbonyl (C=O) groups excluding carboxylic acids is 2. The van der Waals surface area contributed by atoms with Crippen molar-refractivity contribution in [3.05, 3.63) is 88.4 Å². The number of nitrogens with one attached hydrogen (secondary N) is 1. The van der Waals surface area contributed by atoms with Crippen molar-refractivity contribution in [2.75, 3.05) is 7.11 Å². The first-order chi connectivity index (χ1) is 11.5. The molecule has 0 bridgehead atoms. The second-order valence-corrected chi connectivity index (χ2v) is 4.37. The molecule has 3 radical (unpaired) electrons. The SMILES string of the molecule is C=C/C(=C\C=C(/C)OC(=O)c1ccccc1OC)NC(C)=O.CC.[CH3-].[CH3-].[CH3-].[Y].[Y].[Y]. The molecule has 8 heteroatoms. The Bertz CT molecular complexity index is 645.